The molecule has 0 spiro atoms. The van der Waals surface area contributed by atoms with Gasteiger partial charge in [0.15, 0.2) is 5.76 Å². The molecule has 0 atom stereocenters. The summed E-state index contributed by atoms with van der Waals surface area (Å²) in [4.78, 5) is 12.1. The van der Waals surface area contributed by atoms with Crippen LogP contribution in [0.1, 0.15) is 21.9 Å². The molecule has 2 aromatic carbocycles. The zero-order chi connectivity index (χ0) is 16.6. The molecular formula is C20H19NO3. The Kier molecular flexibility index (Phi) is 5.30. The molecule has 1 heterocycles. The van der Waals surface area contributed by atoms with Crippen LogP contribution in [0, 0.1) is 0 Å². The van der Waals surface area contributed by atoms with Crippen LogP contribution < -0.4 is 10.1 Å². The number of amides is 1. The van der Waals surface area contributed by atoms with E-state index in [0.29, 0.717) is 24.7 Å². The lowest BCUT2D eigenvalue weighted by molar-refractivity contribution is 0.0922. The first kappa shape index (κ1) is 15.9. The van der Waals surface area contributed by atoms with Crippen molar-refractivity contribution in [1.82, 2.24) is 5.32 Å². The maximum atomic E-state index is 12.1. The van der Waals surface area contributed by atoms with Gasteiger partial charge in [0.2, 0.25) is 0 Å². The monoisotopic (exact) mass is 321 g/mol. The maximum Gasteiger partial charge on any atom is 0.287 e. The van der Waals surface area contributed by atoms with E-state index in [4.69, 9.17) is 9.15 Å². The molecule has 0 aliphatic rings. The number of hydrogen-bond acceptors (Lipinski definition) is 3. The summed E-state index contributed by atoms with van der Waals surface area (Å²) >= 11 is 0. The quantitative estimate of drug-likeness (QED) is 0.719. The van der Waals surface area contributed by atoms with Crippen molar-refractivity contribution in [3.63, 3.8) is 0 Å². The third-order valence-corrected chi connectivity index (χ3v) is 3.55. The average Bonchev–Trinajstić information content (AvgIpc) is 3.11. The van der Waals surface area contributed by atoms with E-state index in [9.17, 15) is 4.79 Å². The van der Waals surface area contributed by atoms with Crippen LogP contribution in [0.5, 0.6) is 5.75 Å². The Labute approximate surface area is 141 Å². The molecule has 4 nitrogen and oxygen atoms in total. The highest BCUT2D eigenvalue weighted by Gasteiger charge is 2.11. The van der Waals surface area contributed by atoms with E-state index in [0.717, 1.165) is 12.2 Å². The molecule has 0 saturated heterocycles. The van der Waals surface area contributed by atoms with Gasteiger partial charge in [-0.15, -0.1) is 0 Å². The predicted molar refractivity (Wildman–Crippen MR) is 92.0 cm³/mol. The summed E-state index contributed by atoms with van der Waals surface area (Å²) in [6.45, 7) is 0.862. The highest BCUT2D eigenvalue weighted by Crippen LogP contribution is 2.14. The van der Waals surface area contributed by atoms with Crippen LogP contribution in [-0.4, -0.2) is 12.5 Å². The molecule has 0 aliphatic heterocycles. The summed E-state index contributed by atoms with van der Waals surface area (Å²) < 4.78 is 11.1. The second kappa shape index (κ2) is 8.02. The van der Waals surface area contributed by atoms with Crippen molar-refractivity contribution in [1.29, 1.82) is 0 Å². The van der Waals surface area contributed by atoms with Crippen molar-refractivity contribution >= 4 is 5.91 Å². The van der Waals surface area contributed by atoms with Crippen molar-refractivity contribution < 1.29 is 13.9 Å². The van der Waals surface area contributed by atoms with E-state index in [2.05, 4.69) is 5.32 Å². The minimum atomic E-state index is -0.211. The number of furan rings is 1. The Balaban J connectivity index is 1.46. The average molecular weight is 321 g/mol. The predicted octanol–water partition coefficient (Wildman–Crippen LogP) is 3.83. The van der Waals surface area contributed by atoms with Gasteiger partial charge in [-0.1, -0.05) is 48.5 Å². The molecule has 24 heavy (non-hydrogen) atoms. The summed E-state index contributed by atoms with van der Waals surface area (Å²) in [5, 5.41) is 2.86. The van der Waals surface area contributed by atoms with Gasteiger partial charge in [0.1, 0.15) is 18.1 Å². The van der Waals surface area contributed by atoms with Gasteiger partial charge >= 0.3 is 0 Å². The molecule has 0 saturated carbocycles. The van der Waals surface area contributed by atoms with Gasteiger partial charge in [0.05, 0.1) is 0 Å². The largest absolute Gasteiger partial charge is 0.486 e. The summed E-state index contributed by atoms with van der Waals surface area (Å²) in [7, 11) is 0. The van der Waals surface area contributed by atoms with Crippen LogP contribution >= 0.6 is 0 Å². The molecule has 1 N–H and O–H groups in total. The number of rotatable bonds is 7. The third-order valence-electron chi connectivity index (χ3n) is 3.55. The van der Waals surface area contributed by atoms with Crippen LogP contribution in [-0.2, 0) is 13.0 Å². The summed E-state index contributed by atoms with van der Waals surface area (Å²) in [6.07, 6.45) is 0.789. The van der Waals surface area contributed by atoms with Crippen LogP contribution in [0.3, 0.4) is 0 Å². The van der Waals surface area contributed by atoms with E-state index < -0.39 is 0 Å². The first-order chi connectivity index (χ1) is 11.8. The van der Waals surface area contributed by atoms with E-state index in [1.54, 1.807) is 12.1 Å². The number of hydrogen-bond donors (Lipinski definition) is 1. The lowest BCUT2D eigenvalue weighted by atomic mass is 10.1. The maximum absolute atomic E-state index is 12.1. The van der Waals surface area contributed by atoms with E-state index in [1.165, 1.54) is 5.56 Å². The highest BCUT2D eigenvalue weighted by atomic mass is 16.5. The highest BCUT2D eigenvalue weighted by molar-refractivity contribution is 5.91. The molecule has 0 radical (unpaired) electrons. The molecule has 122 valence electrons. The van der Waals surface area contributed by atoms with Crippen molar-refractivity contribution in [2.24, 2.45) is 0 Å². The van der Waals surface area contributed by atoms with E-state index in [1.807, 2.05) is 60.7 Å². The van der Waals surface area contributed by atoms with Crippen LogP contribution in [0.25, 0.3) is 0 Å². The summed E-state index contributed by atoms with van der Waals surface area (Å²) in [5.41, 5.74) is 1.19. The second-order valence-corrected chi connectivity index (χ2v) is 5.36. The Bertz CT molecular complexity index is 766. The first-order valence-corrected chi connectivity index (χ1v) is 7.90. The second-order valence-electron chi connectivity index (χ2n) is 5.36. The van der Waals surface area contributed by atoms with Gasteiger partial charge in [0, 0.05) is 6.54 Å². The minimum Gasteiger partial charge on any atom is -0.486 e. The number of ether oxygens (including phenoxy) is 1. The van der Waals surface area contributed by atoms with Gasteiger partial charge in [-0.3, -0.25) is 4.79 Å². The number of benzene rings is 2. The minimum absolute atomic E-state index is 0.211. The first-order valence-electron chi connectivity index (χ1n) is 7.90. The zero-order valence-electron chi connectivity index (χ0n) is 13.3. The lowest BCUT2D eigenvalue weighted by Gasteiger charge is -2.04. The molecule has 0 bridgehead atoms. The van der Waals surface area contributed by atoms with E-state index in [-0.39, 0.29) is 5.91 Å². The number of carbonyl (C=O) groups excluding carboxylic acids is 1. The van der Waals surface area contributed by atoms with Crippen molar-refractivity contribution in [2.75, 3.05) is 6.54 Å². The van der Waals surface area contributed by atoms with Gasteiger partial charge in [-0.25, -0.2) is 0 Å². The Morgan fingerprint density at radius 1 is 0.917 bits per heavy atom. The molecular weight excluding hydrogens is 302 g/mol. The lowest BCUT2D eigenvalue weighted by Crippen LogP contribution is -2.25. The van der Waals surface area contributed by atoms with Crippen molar-refractivity contribution in [3.8, 4) is 5.75 Å². The Morgan fingerprint density at radius 3 is 2.38 bits per heavy atom. The van der Waals surface area contributed by atoms with Crippen molar-refractivity contribution in [2.45, 2.75) is 13.0 Å². The molecule has 3 aromatic rings. The zero-order valence-corrected chi connectivity index (χ0v) is 13.3. The smallest absolute Gasteiger partial charge is 0.287 e. The van der Waals surface area contributed by atoms with Crippen molar-refractivity contribution in [3.05, 3.63) is 89.9 Å². The number of para-hydroxylation sites is 1. The summed E-state index contributed by atoms with van der Waals surface area (Å²) in [5.74, 6) is 1.47. The standard InChI is InChI=1S/C20H19NO3/c22-20(21-14-13-16-7-3-1-4-8-16)19-12-11-18(24-19)15-23-17-9-5-2-6-10-17/h1-12H,13-15H2,(H,21,22). The van der Waals surface area contributed by atoms with Gasteiger partial charge in [0.25, 0.3) is 5.91 Å². The SMILES string of the molecule is O=C(NCCc1ccccc1)c1ccc(COc2ccccc2)o1. The van der Waals surface area contributed by atoms with Gasteiger partial charge < -0.3 is 14.5 Å². The topological polar surface area (TPSA) is 51.5 Å². The van der Waals surface area contributed by atoms with Crippen LogP contribution in [0.15, 0.2) is 77.2 Å². The number of carbonyl (C=O) groups is 1. The normalized spacial score (nSPS) is 10.3. The Hall–Kier alpha value is -3.01. The van der Waals surface area contributed by atoms with Crippen LogP contribution in [0.2, 0.25) is 0 Å². The molecule has 3 rings (SSSR count). The fraction of sp³-hybridized carbons (Fsp3) is 0.150. The van der Waals surface area contributed by atoms with Crippen LogP contribution in [0.4, 0.5) is 0 Å². The molecule has 1 amide bonds. The van der Waals surface area contributed by atoms with E-state index >= 15 is 0 Å². The summed E-state index contributed by atoms with van der Waals surface area (Å²) in [6, 6.07) is 23.0. The number of nitrogens with one attached hydrogen (secondary N) is 1. The third kappa shape index (κ3) is 4.49. The fourth-order valence-corrected chi connectivity index (χ4v) is 2.30. The molecule has 0 fully saturated rings. The fourth-order valence-electron chi connectivity index (χ4n) is 2.30. The molecule has 4 heteroatoms. The molecule has 0 unspecified atom stereocenters. The van der Waals surface area contributed by atoms with Gasteiger partial charge in [-0.2, -0.15) is 0 Å². The molecule has 1 aromatic heterocycles. The molecule has 0 aliphatic carbocycles. The van der Waals surface area contributed by atoms with Gasteiger partial charge in [-0.05, 0) is 36.2 Å². The Morgan fingerprint density at radius 2 is 1.62 bits per heavy atom.